The van der Waals surface area contributed by atoms with Crippen LogP contribution in [-0.2, 0) is 21.2 Å². The fourth-order valence-electron chi connectivity index (χ4n) is 3.40. The summed E-state index contributed by atoms with van der Waals surface area (Å²) in [5, 5.41) is 2.99. The molecule has 2 rings (SSSR count). The summed E-state index contributed by atoms with van der Waals surface area (Å²) in [4.78, 5) is 13.2. The van der Waals surface area contributed by atoms with Gasteiger partial charge in [-0.2, -0.15) is 0 Å². The van der Waals surface area contributed by atoms with Crippen molar-refractivity contribution in [2.24, 2.45) is 0 Å². The number of sulfonamides is 1. The molecule has 0 aliphatic heterocycles. The van der Waals surface area contributed by atoms with E-state index >= 15 is 0 Å². The van der Waals surface area contributed by atoms with Crippen molar-refractivity contribution in [3.8, 4) is 0 Å². The molecule has 1 unspecified atom stereocenters. The van der Waals surface area contributed by atoms with E-state index < -0.39 is 16.1 Å². The van der Waals surface area contributed by atoms with Gasteiger partial charge in [0.15, 0.2) is 0 Å². The van der Waals surface area contributed by atoms with Crippen LogP contribution in [0.5, 0.6) is 0 Å². The van der Waals surface area contributed by atoms with Crippen molar-refractivity contribution in [1.82, 2.24) is 0 Å². The fraction of sp³-hybridized carbons (Fsp3) is 0.409. The summed E-state index contributed by atoms with van der Waals surface area (Å²) in [6, 6.07) is 10.7. The number of anilines is 2. The van der Waals surface area contributed by atoms with E-state index in [0.717, 1.165) is 40.6 Å². The van der Waals surface area contributed by atoms with E-state index in [9.17, 15) is 13.2 Å². The van der Waals surface area contributed by atoms with E-state index in [1.54, 1.807) is 0 Å². The third-order valence-corrected chi connectivity index (χ3v) is 6.09. The topological polar surface area (TPSA) is 66.5 Å². The molecular weight excluding hydrogens is 372 g/mol. The van der Waals surface area contributed by atoms with E-state index in [1.165, 1.54) is 4.31 Å². The molecule has 0 radical (unpaired) electrons. The number of benzene rings is 2. The number of para-hydroxylation sites is 1. The number of carbonyl (C=O) groups excluding carboxylic acids is 1. The highest BCUT2D eigenvalue weighted by molar-refractivity contribution is 7.92. The number of aryl methyl sites for hydroxylation is 4. The van der Waals surface area contributed by atoms with Crippen LogP contribution in [0.2, 0.25) is 0 Å². The molecule has 0 fully saturated rings. The van der Waals surface area contributed by atoms with Crippen LogP contribution in [0.25, 0.3) is 0 Å². The number of amides is 1. The average Bonchev–Trinajstić information content (AvgIpc) is 2.62. The molecule has 152 valence electrons. The van der Waals surface area contributed by atoms with E-state index in [1.807, 2.05) is 71.0 Å². The van der Waals surface area contributed by atoms with Crippen molar-refractivity contribution in [2.45, 2.75) is 53.5 Å². The first-order valence-electron chi connectivity index (χ1n) is 9.56. The quantitative estimate of drug-likeness (QED) is 0.748. The number of nitrogens with one attached hydrogen (secondary N) is 1. The van der Waals surface area contributed by atoms with Gasteiger partial charge in [-0.3, -0.25) is 9.10 Å². The average molecular weight is 403 g/mol. The van der Waals surface area contributed by atoms with Crippen LogP contribution in [0.3, 0.4) is 0 Å². The minimum absolute atomic E-state index is 0.321. The summed E-state index contributed by atoms with van der Waals surface area (Å²) in [5.74, 6) is -0.321. The van der Waals surface area contributed by atoms with Crippen molar-refractivity contribution >= 4 is 27.3 Å². The van der Waals surface area contributed by atoms with Gasteiger partial charge in [0, 0.05) is 5.69 Å². The Kier molecular flexibility index (Phi) is 6.88. The van der Waals surface area contributed by atoms with Crippen LogP contribution < -0.4 is 9.62 Å². The van der Waals surface area contributed by atoms with Gasteiger partial charge in [0.1, 0.15) is 6.04 Å². The molecule has 0 aromatic heterocycles. The summed E-state index contributed by atoms with van der Waals surface area (Å²) >= 11 is 0. The van der Waals surface area contributed by atoms with Gasteiger partial charge < -0.3 is 5.32 Å². The van der Waals surface area contributed by atoms with Gasteiger partial charge in [-0.05, 0) is 61.9 Å². The Bertz CT molecular complexity index is 968. The summed E-state index contributed by atoms with van der Waals surface area (Å²) in [5.41, 5.74) is 5.05. The SMILES string of the molecule is CCc1cccc(C)c1NC(=O)C(CC)N(c1cc(C)ccc1C)S(C)(=O)=O. The van der Waals surface area contributed by atoms with Gasteiger partial charge in [-0.15, -0.1) is 0 Å². The zero-order valence-electron chi connectivity index (χ0n) is 17.5. The summed E-state index contributed by atoms with van der Waals surface area (Å²) in [7, 11) is -3.66. The zero-order chi connectivity index (χ0) is 21.1. The Labute approximate surface area is 168 Å². The van der Waals surface area contributed by atoms with Crippen molar-refractivity contribution in [3.63, 3.8) is 0 Å². The molecule has 0 saturated carbocycles. The molecule has 0 heterocycles. The molecule has 1 N–H and O–H groups in total. The molecule has 0 aliphatic rings. The highest BCUT2D eigenvalue weighted by atomic mass is 32.2. The second kappa shape index (κ2) is 8.78. The first-order chi connectivity index (χ1) is 13.1. The molecule has 2 aromatic carbocycles. The van der Waals surface area contributed by atoms with Crippen molar-refractivity contribution in [1.29, 1.82) is 0 Å². The fourth-order valence-corrected chi connectivity index (χ4v) is 4.66. The molecular formula is C22H30N2O3S. The predicted molar refractivity (Wildman–Crippen MR) is 117 cm³/mol. The third kappa shape index (κ3) is 4.73. The molecule has 2 aromatic rings. The lowest BCUT2D eigenvalue weighted by atomic mass is 10.0. The van der Waals surface area contributed by atoms with Crippen LogP contribution >= 0.6 is 0 Å². The van der Waals surface area contributed by atoms with E-state index in [2.05, 4.69) is 5.32 Å². The minimum atomic E-state index is -3.66. The maximum absolute atomic E-state index is 13.2. The molecule has 0 spiro atoms. The summed E-state index contributed by atoms with van der Waals surface area (Å²) in [6.45, 7) is 9.56. The van der Waals surface area contributed by atoms with E-state index in [-0.39, 0.29) is 5.91 Å². The van der Waals surface area contributed by atoms with Crippen LogP contribution in [-0.4, -0.2) is 26.6 Å². The highest BCUT2D eigenvalue weighted by Crippen LogP contribution is 2.29. The highest BCUT2D eigenvalue weighted by Gasteiger charge is 2.32. The largest absolute Gasteiger partial charge is 0.324 e. The van der Waals surface area contributed by atoms with Crippen LogP contribution in [0, 0.1) is 20.8 Å². The normalized spacial score (nSPS) is 12.5. The van der Waals surface area contributed by atoms with Crippen LogP contribution in [0.1, 0.15) is 42.5 Å². The maximum Gasteiger partial charge on any atom is 0.248 e. The van der Waals surface area contributed by atoms with Gasteiger partial charge in [0.25, 0.3) is 0 Å². The second-order valence-electron chi connectivity index (χ2n) is 7.22. The maximum atomic E-state index is 13.2. The lowest BCUT2D eigenvalue weighted by Gasteiger charge is -2.31. The molecule has 0 saturated heterocycles. The monoisotopic (exact) mass is 402 g/mol. The Hall–Kier alpha value is -2.34. The third-order valence-electron chi connectivity index (χ3n) is 4.92. The minimum Gasteiger partial charge on any atom is -0.324 e. The number of rotatable bonds is 7. The summed E-state index contributed by atoms with van der Waals surface area (Å²) < 4.78 is 26.6. The number of hydrogen-bond acceptors (Lipinski definition) is 3. The molecule has 0 bridgehead atoms. The lowest BCUT2D eigenvalue weighted by molar-refractivity contribution is -0.117. The van der Waals surface area contributed by atoms with Gasteiger partial charge >= 0.3 is 0 Å². The lowest BCUT2D eigenvalue weighted by Crippen LogP contribution is -2.47. The van der Waals surface area contributed by atoms with Gasteiger partial charge in [0.2, 0.25) is 15.9 Å². The zero-order valence-corrected chi connectivity index (χ0v) is 18.4. The molecule has 28 heavy (non-hydrogen) atoms. The summed E-state index contributed by atoms with van der Waals surface area (Å²) in [6.07, 6.45) is 2.29. The molecule has 1 amide bonds. The van der Waals surface area contributed by atoms with Crippen LogP contribution in [0.15, 0.2) is 36.4 Å². The number of hydrogen-bond donors (Lipinski definition) is 1. The molecule has 0 aliphatic carbocycles. The van der Waals surface area contributed by atoms with Gasteiger partial charge in [-0.25, -0.2) is 8.42 Å². The Morgan fingerprint density at radius 2 is 1.75 bits per heavy atom. The first kappa shape index (κ1) is 22.0. The molecule has 5 nitrogen and oxygen atoms in total. The van der Waals surface area contributed by atoms with Gasteiger partial charge in [-0.1, -0.05) is 44.2 Å². The van der Waals surface area contributed by atoms with Crippen molar-refractivity contribution < 1.29 is 13.2 Å². The van der Waals surface area contributed by atoms with E-state index in [0.29, 0.717) is 12.1 Å². The van der Waals surface area contributed by atoms with Crippen molar-refractivity contribution in [3.05, 3.63) is 58.7 Å². The van der Waals surface area contributed by atoms with Crippen molar-refractivity contribution in [2.75, 3.05) is 15.9 Å². The molecule has 6 heteroatoms. The molecule has 1 atom stereocenters. The Morgan fingerprint density at radius 1 is 1.07 bits per heavy atom. The number of nitrogens with zero attached hydrogens (tertiary/aromatic N) is 1. The van der Waals surface area contributed by atoms with E-state index in [4.69, 9.17) is 0 Å². The first-order valence-corrected chi connectivity index (χ1v) is 11.4. The van der Waals surface area contributed by atoms with Gasteiger partial charge in [0.05, 0.1) is 11.9 Å². The van der Waals surface area contributed by atoms with Crippen LogP contribution in [0.4, 0.5) is 11.4 Å². The Balaban J connectivity index is 2.50. The predicted octanol–water partition coefficient (Wildman–Crippen LogP) is 4.36. The number of carbonyl (C=O) groups is 1. The second-order valence-corrected chi connectivity index (χ2v) is 9.08. The smallest absolute Gasteiger partial charge is 0.248 e. The Morgan fingerprint density at radius 3 is 2.32 bits per heavy atom. The standard InChI is InChI=1S/C22H30N2O3S/c1-7-18-11-9-10-17(5)21(18)23-22(25)19(8-2)24(28(6,26)27)20-14-15(3)12-13-16(20)4/h9-14,19H,7-8H2,1-6H3,(H,23,25).